The van der Waals surface area contributed by atoms with E-state index in [2.05, 4.69) is 11.4 Å². The van der Waals surface area contributed by atoms with Crippen molar-refractivity contribution in [3.05, 3.63) is 0 Å². The van der Waals surface area contributed by atoms with Gasteiger partial charge >= 0.3 is 0 Å². The fraction of sp³-hybridized carbons (Fsp3) is 0.889. The van der Waals surface area contributed by atoms with E-state index in [0.717, 1.165) is 37.1 Å². The van der Waals surface area contributed by atoms with Gasteiger partial charge in [-0.25, -0.2) is 0 Å². The van der Waals surface area contributed by atoms with Crippen molar-refractivity contribution in [2.24, 2.45) is 17.8 Å². The van der Waals surface area contributed by atoms with Gasteiger partial charge in [0, 0.05) is 12.1 Å². The summed E-state index contributed by atoms with van der Waals surface area (Å²) in [6, 6.07) is 2.08. The average molecular weight is 303 g/mol. The molecule has 1 amide bonds. The number of nitriles is 1. The fourth-order valence-electron chi connectivity index (χ4n) is 5.89. The van der Waals surface area contributed by atoms with Gasteiger partial charge in [0.25, 0.3) is 0 Å². The molecular formula is C18H29N3O. The molecule has 5 fully saturated rings. The van der Waals surface area contributed by atoms with Gasteiger partial charge in [-0.15, -0.1) is 0 Å². The standard InChI is InChI=1S/C17H25N3O.CH4/c18-10-15-2-1-3-20(15)16(21)11-19-17-7-12-4-13(8-17)6-14(5-12)9-17;/h12-15,19H,1-9,11H2;1H4. The zero-order valence-corrected chi connectivity index (χ0v) is 12.7. The number of likely N-dealkylation sites (tertiary alicyclic amines) is 1. The smallest absolute Gasteiger partial charge is 0.237 e. The number of nitrogens with zero attached hydrogens (tertiary/aromatic N) is 2. The van der Waals surface area contributed by atoms with Crippen LogP contribution in [0, 0.1) is 29.1 Å². The monoisotopic (exact) mass is 303 g/mol. The summed E-state index contributed by atoms with van der Waals surface area (Å²) in [7, 11) is 0. The van der Waals surface area contributed by atoms with Crippen LogP contribution in [0.5, 0.6) is 0 Å². The minimum Gasteiger partial charge on any atom is -0.326 e. The zero-order valence-electron chi connectivity index (χ0n) is 12.7. The van der Waals surface area contributed by atoms with Crippen molar-refractivity contribution >= 4 is 5.91 Å². The van der Waals surface area contributed by atoms with Gasteiger partial charge in [-0.3, -0.25) is 4.79 Å². The number of carbonyl (C=O) groups is 1. The van der Waals surface area contributed by atoms with Crippen molar-refractivity contribution in [3.8, 4) is 6.07 Å². The van der Waals surface area contributed by atoms with Gasteiger partial charge in [0.05, 0.1) is 12.6 Å². The summed E-state index contributed by atoms with van der Waals surface area (Å²) in [6.45, 7) is 1.20. The van der Waals surface area contributed by atoms with Crippen molar-refractivity contribution < 1.29 is 4.79 Å². The first-order valence-electron chi connectivity index (χ1n) is 8.61. The molecule has 4 aliphatic carbocycles. The summed E-state index contributed by atoms with van der Waals surface area (Å²) in [6.07, 6.45) is 9.92. The topological polar surface area (TPSA) is 56.1 Å². The van der Waals surface area contributed by atoms with Gasteiger partial charge in [0.15, 0.2) is 0 Å². The largest absolute Gasteiger partial charge is 0.326 e. The van der Waals surface area contributed by atoms with Crippen molar-refractivity contribution in [1.29, 1.82) is 5.26 Å². The minimum atomic E-state index is -0.185. The van der Waals surface area contributed by atoms with Crippen LogP contribution in [0.3, 0.4) is 0 Å². The molecule has 22 heavy (non-hydrogen) atoms. The van der Waals surface area contributed by atoms with Crippen molar-refractivity contribution in [3.63, 3.8) is 0 Å². The van der Waals surface area contributed by atoms with Crippen LogP contribution in [0.2, 0.25) is 0 Å². The van der Waals surface area contributed by atoms with Crippen LogP contribution in [-0.4, -0.2) is 35.5 Å². The Morgan fingerprint density at radius 1 is 1.18 bits per heavy atom. The van der Waals surface area contributed by atoms with Crippen LogP contribution in [0.4, 0.5) is 0 Å². The maximum absolute atomic E-state index is 12.4. The summed E-state index contributed by atoms with van der Waals surface area (Å²) in [5, 5.41) is 12.8. The van der Waals surface area contributed by atoms with E-state index in [-0.39, 0.29) is 24.9 Å². The summed E-state index contributed by atoms with van der Waals surface area (Å²) in [5.41, 5.74) is 0.242. The third-order valence-corrected chi connectivity index (χ3v) is 6.38. The normalized spacial score (nSPS) is 42.0. The van der Waals surface area contributed by atoms with Gasteiger partial charge in [-0.05, 0) is 69.1 Å². The maximum Gasteiger partial charge on any atom is 0.237 e. The molecule has 1 heterocycles. The molecule has 1 N–H and O–H groups in total. The Kier molecular flexibility index (Phi) is 4.20. The molecule has 122 valence electrons. The van der Waals surface area contributed by atoms with Crippen LogP contribution >= 0.6 is 0 Å². The number of hydrogen-bond acceptors (Lipinski definition) is 3. The lowest BCUT2D eigenvalue weighted by Gasteiger charge is -2.57. The predicted octanol–water partition coefficient (Wildman–Crippen LogP) is 2.70. The van der Waals surface area contributed by atoms with Crippen molar-refractivity contribution in [2.45, 2.75) is 70.4 Å². The van der Waals surface area contributed by atoms with E-state index < -0.39 is 0 Å². The first-order valence-corrected chi connectivity index (χ1v) is 8.61. The molecule has 4 heteroatoms. The quantitative estimate of drug-likeness (QED) is 0.872. The Hall–Kier alpha value is -1.08. The van der Waals surface area contributed by atoms with E-state index >= 15 is 0 Å². The molecule has 4 bridgehead atoms. The summed E-state index contributed by atoms with van der Waals surface area (Å²) < 4.78 is 0. The summed E-state index contributed by atoms with van der Waals surface area (Å²) >= 11 is 0. The van der Waals surface area contributed by atoms with Gasteiger partial charge < -0.3 is 10.2 Å². The van der Waals surface area contributed by atoms with Gasteiger partial charge in [-0.1, -0.05) is 7.43 Å². The molecule has 1 atom stereocenters. The number of rotatable bonds is 3. The Morgan fingerprint density at radius 3 is 2.32 bits per heavy atom. The second kappa shape index (κ2) is 5.85. The van der Waals surface area contributed by atoms with E-state index in [4.69, 9.17) is 5.26 Å². The third kappa shape index (κ3) is 2.65. The number of hydrogen-bond donors (Lipinski definition) is 1. The lowest BCUT2D eigenvalue weighted by molar-refractivity contribution is -0.131. The molecule has 1 aliphatic heterocycles. The molecule has 0 spiro atoms. The highest BCUT2D eigenvalue weighted by atomic mass is 16.2. The first-order chi connectivity index (χ1) is 10.2. The third-order valence-electron chi connectivity index (χ3n) is 6.38. The lowest BCUT2D eigenvalue weighted by Crippen LogP contribution is -2.60. The van der Waals surface area contributed by atoms with Gasteiger partial charge in [-0.2, -0.15) is 5.26 Å². The molecule has 1 saturated heterocycles. The highest BCUT2D eigenvalue weighted by molar-refractivity contribution is 5.79. The molecule has 4 saturated carbocycles. The first kappa shape index (κ1) is 15.8. The fourth-order valence-corrected chi connectivity index (χ4v) is 5.89. The van der Waals surface area contributed by atoms with Crippen LogP contribution in [-0.2, 0) is 4.79 Å². The van der Waals surface area contributed by atoms with Gasteiger partial charge in [0.1, 0.15) is 6.04 Å². The van der Waals surface area contributed by atoms with Crippen LogP contribution in [0.1, 0.15) is 58.8 Å². The van der Waals surface area contributed by atoms with E-state index in [1.165, 1.54) is 38.5 Å². The minimum absolute atomic E-state index is 0. The second-order valence-corrected chi connectivity index (χ2v) is 7.93. The van der Waals surface area contributed by atoms with Gasteiger partial charge in [0.2, 0.25) is 5.91 Å². The SMILES string of the molecule is C.N#CC1CCCN1C(=O)CNC12CC3CC(CC(C3)C1)C2. The molecule has 5 aliphatic rings. The van der Waals surface area contributed by atoms with Crippen LogP contribution < -0.4 is 5.32 Å². The summed E-state index contributed by atoms with van der Waals surface area (Å²) in [4.78, 5) is 14.2. The van der Waals surface area contributed by atoms with E-state index in [1.807, 2.05) is 0 Å². The number of amides is 1. The van der Waals surface area contributed by atoms with E-state index in [0.29, 0.717) is 6.54 Å². The molecule has 0 radical (unpaired) electrons. The average Bonchev–Trinajstić information content (AvgIpc) is 2.92. The van der Waals surface area contributed by atoms with Crippen LogP contribution in [0.15, 0.2) is 0 Å². The second-order valence-electron chi connectivity index (χ2n) is 7.93. The Labute approximate surface area is 134 Å². The Bertz CT molecular complexity index is 446. The lowest BCUT2D eigenvalue weighted by atomic mass is 9.53. The molecule has 1 unspecified atom stereocenters. The Morgan fingerprint density at radius 2 is 1.77 bits per heavy atom. The molecule has 0 aromatic rings. The van der Waals surface area contributed by atoms with Crippen molar-refractivity contribution in [2.75, 3.05) is 13.1 Å². The van der Waals surface area contributed by atoms with Crippen LogP contribution in [0.25, 0.3) is 0 Å². The molecule has 4 nitrogen and oxygen atoms in total. The van der Waals surface area contributed by atoms with E-state index in [9.17, 15) is 4.79 Å². The number of nitrogens with one attached hydrogen (secondary N) is 1. The van der Waals surface area contributed by atoms with Crippen molar-refractivity contribution in [1.82, 2.24) is 10.2 Å². The molecular weight excluding hydrogens is 274 g/mol. The molecule has 0 aromatic heterocycles. The molecule has 0 aromatic carbocycles. The predicted molar refractivity (Wildman–Crippen MR) is 86.0 cm³/mol. The Balaban J connectivity index is 0.00000144. The zero-order chi connectivity index (χ0) is 14.4. The highest BCUT2D eigenvalue weighted by Gasteiger charge is 2.50. The summed E-state index contributed by atoms with van der Waals surface area (Å²) in [5.74, 6) is 2.84. The number of carbonyl (C=O) groups excluding carboxylic acids is 1. The van der Waals surface area contributed by atoms with E-state index in [1.54, 1.807) is 4.90 Å². The molecule has 5 rings (SSSR count). The highest BCUT2D eigenvalue weighted by Crippen LogP contribution is 2.55. The maximum atomic E-state index is 12.4.